The summed E-state index contributed by atoms with van der Waals surface area (Å²) in [6.45, 7) is 6.58. The molecule has 1 nitrogen and oxygen atoms in total. The Balaban J connectivity index is 2.44. The van der Waals surface area contributed by atoms with Crippen molar-refractivity contribution >= 4 is 23.4 Å². The van der Waals surface area contributed by atoms with E-state index in [0.717, 1.165) is 23.9 Å². The van der Waals surface area contributed by atoms with E-state index in [1.165, 1.54) is 16.0 Å². The second kappa shape index (κ2) is 4.99. The van der Waals surface area contributed by atoms with Crippen LogP contribution in [0.1, 0.15) is 30.9 Å². The average molecular weight is 256 g/mol. The second-order valence-electron chi connectivity index (χ2n) is 4.73. The first-order valence-electron chi connectivity index (χ1n) is 5.71. The lowest BCUT2D eigenvalue weighted by molar-refractivity contribution is 0.349. The van der Waals surface area contributed by atoms with E-state index < -0.39 is 0 Å². The van der Waals surface area contributed by atoms with Crippen molar-refractivity contribution in [2.45, 2.75) is 31.2 Å². The van der Waals surface area contributed by atoms with Gasteiger partial charge in [0.15, 0.2) is 0 Å². The third-order valence-electron chi connectivity index (χ3n) is 2.97. The molecule has 0 amide bonds. The van der Waals surface area contributed by atoms with Gasteiger partial charge in [-0.3, -0.25) is 0 Å². The van der Waals surface area contributed by atoms with Crippen molar-refractivity contribution in [1.29, 1.82) is 0 Å². The van der Waals surface area contributed by atoms with Gasteiger partial charge in [0, 0.05) is 23.7 Å². The fourth-order valence-corrected chi connectivity index (χ4v) is 3.48. The number of fused-ring (bicyclic) bond motifs is 1. The lowest BCUT2D eigenvalue weighted by Gasteiger charge is -2.15. The van der Waals surface area contributed by atoms with Crippen LogP contribution in [0, 0.1) is 0 Å². The highest BCUT2D eigenvalue weighted by Crippen LogP contribution is 2.36. The summed E-state index contributed by atoms with van der Waals surface area (Å²) in [6, 6.07) is 4.45. The van der Waals surface area contributed by atoms with Crippen molar-refractivity contribution in [2.75, 3.05) is 19.3 Å². The van der Waals surface area contributed by atoms with Gasteiger partial charge in [-0.05, 0) is 30.2 Å². The SMILES string of the molecule is CC(C)c1cc(Cl)c2c(c1)CN(C)CCS2. The van der Waals surface area contributed by atoms with Crippen molar-refractivity contribution in [2.24, 2.45) is 0 Å². The van der Waals surface area contributed by atoms with Crippen LogP contribution in [0.2, 0.25) is 5.02 Å². The molecule has 1 aromatic rings. The number of hydrogen-bond donors (Lipinski definition) is 0. The summed E-state index contributed by atoms with van der Waals surface area (Å²) < 4.78 is 0. The molecule has 0 aromatic heterocycles. The molecule has 16 heavy (non-hydrogen) atoms. The van der Waals surface area contributed by atoms with Gasteiger partial charge in [0.05, 0.1) is 5.02 Å². The molecule has 2 rings (SSSR count). The Bertz CT molecular complexity index is 390. The smallest absolute Gasteiger partial charge is 0.0547 e. The molecule has 0 bridgehead atoms. The molecule has 0 unspecified atom stereocenters. The maximum absolute atomic E-state index is 6.37. The summed E-state index contributed by atoms with van der Waals surface area (Å²) in [5, 5.41) is 0.932. The maximum atomic E-state index is 6.37. The van der Waals surface area contributed by atoms with Crippen molar-refractivity contribution in [3.63, 3.8) is 0 Å². The number of halogens is 1. The van der Waals surface area contributed by atoms with Crippen LogP contribution in [0.3, 0.4) is 0 Å². The highest BCUT2D eigenvalue weighted by molar-refractivity contribution is 7.99. The zero-order chi connectivity index (χ0) is 11.7. The molecule has 0 saturated carbocycles. The lowest BCUT2D eigenvalue weighted by atomic mass is 10.0. The van der Waals surface area contributed by atoms with E-state index in [0.29, 0.717) is 5.92 Å². The van der Waals surface area contributed by atoms with E-state index in [1.54, 1.807) is 0 Å². The summed E-state index contributed by atoms with van der Waals surface area (Å²) in [6.07, 6.45) is 0. The monoisotopic (exact) mass is 255 g/mol. The number of thioether (sulfide) groups is 1. The van der Waals surface area contributed by atoms with E-state index in [1.807, 2.05) is 11.8 Å². The van der Waals surface area contributed by atoms with Crippen LogP contribution in [-0.2, 0) is 6.54 Å². The summed E-state index contributed by atoms with van der Waals surface area (Å²) >= 11 is 8.26. The van der Waals surface area contributed by atoms with Crippen molar-refractivity contribution in [3.05, 3.63) is 28.3 Å². The van der Waals surface area contributed by atoms with Crippen LogP contribution in [0.5, 0.6) is 0 Å². The molecule has 0 spiro atoms. The summed E-state index contributed by atoms with van der Waals surface area (Å²) in [5.74, 6) is 1.67. The van der Waals surface area contributed by atoms with Gasteiger partial charge >= 0.3 is 0 Å². The van der Waals surface area contributed by atoms with E-state index in [-0.39, 0.29) is 0 Å². The van der Waals surface area contributed by atoms with Crippen LogP contribution in [0.15, 0.2) is 17.0 Å². The fraction of sp³-hybridized carbons (Fsp3) is 0.538. The molecule has 1 heterocycles. The predicted molar refractivity (Wildman–Crippen MR) is 72.6 cm³/mol. The van der Waals surface area contributed by atoms with Crippen LogP contribution < -0.4 is 0 Å². The Kier molecular flexibility index (Phi) is 3.83. The first kappa shape index (κ1) is 12.3. The quantitative estimate of drug-likeness (QED) is 0.746. The van der Waals surface area contributed by atoms with Gasteiger partial charge in [0.1, 0.15) is 0 Å². The molecule has 3 heteroatoms. The van der Waals surface area contributed by atoms with Crippen molar-refractivity contribution in [3.8, 4) is 0 Å². The zero-order valence-corrected chi connectivity index (χ0v) is 11.7. The van der Waals surface area contributed by atoms with Gasteiger partial charge in [-0.15, -0.1) is 11.8 Å². The molecule has 0 radical (unpaired) electrons. The average Bonchev–Trinajstić information content (AvgIpc) is 2.38. The van der Waals surface area contributed by atoms with Crippen LogP contribution in [0.4, 0.5) is 0 Å². The van der Waals surface area contributed by atoms with E-state index >= 15 is 0 Å². The standard InChI is InChI=1S/C13H18ClNS/c1-9(2)10-6-11-8-15(3)4-5-16-13(11)12(14)7-10/h6-7,9H,4-5,8H2,1-3H3. The molecular weight excluding hydrogens is 238 g/mol. The van der Waals surface area contributed by atoms with Gasteiger partial charge in [-0.25, -0.2) is 0 Å². The summed E-state index contributed by atoms with van der Waals surface area (Å²) in [7, 11) is 2.17. The fourth-order valence-electron chi connectivity index (χ4n) is 1.96. The van der Waals surface area contributed by atoms with E-state index in [4.69, 9.17) is 11.6 Å². The number of nitrogens with zero attached hydrogens (tertiary/aromatic N) is 1. The second-order valence-corrected chi connectivity index (χ2v) is 6.24. The third kappa shape index (κ3) is 2.55. The Labute approximate surface area is 107 Å². The van der Waals surface area contributed by atoms with E-state index in [2.05, 4.69) is 37.9 Å². The van der Waals surface area contributed by atoms with Crippen LogP contribution in [-0.4, -0.2) is 24.2 Å². The molecule has 0 N–H and O–H groups in total. The summed E-state index contributed by atoms with van der Waals surface area (Å²) in [4.78, 5) is 3.65. The molecule has 0 aliphatic carbocycles. The van der Waals surface area contributed by atoms with Crippen LogP contribution in [0.25, 0.3) is 0 Å². The van der Waals surface area contributed by atoms with Gasteiger partial charge < -0.3 is 4.90 Å². The van der Waals surface area contributed by atoms with Crippen molar-refractivity contribution in [1.82, 2.24) is 4.90 Å². The van der Waals surface area contributed by atoms with Gasteiger partial charge in [-0.1, -0.05) is 31.5 Å². The minimum absolute atomic E-state index is 0.543. The van der Waals surface area contributed by atoms with Gasteiger partial charge in [0.2, 0.25) is 0 Å². The molecule has 0 saturated heterocycles. The molecule has 0 fully saturated rings. The first-order valence-corrected chi connectivity index (χ1v) is 7.08. The Hall–Kier alpha value is -0.180. The summed E-state index contributed by atoms with van der Waals surface area (Å²) in [5.41, 5.74) is 2.74. The highest BCUT2D eigenvalue weighted by atomic mass is 35.5. The molecule has 0 atom stereocenters. The minimum atomic E-state index is 0.543. The lowest BCUT2D eigenvalue weighted by Crippen LogP contribution is -2.18. The molecule has 1 aliphatic rings. The number of rotatable bonds is 1. The Morgan fingerprint density at radius 2 is 2.12 bits per heavy atom. The van der Waals surface area contributed by atoms with Crippen molar-refractivity contribution < 1.29 is 0 Å². The highest BCUT2D eigenvalue weighted by Gasteiger charge is 2.16. The van der Waals surface area contributed by atoms with Crippen LogP contribution >= 0.6 is 23.4 Å². The normalized spacial score (nSPS) is 17.3. The number of benzene rings is 1. The molecular formula is C13H18ClNS. The Morgan fingerprint density at radius 3 is 2.81 bits per heavy atom. The molecule has 1 aromatic carbocycles. The zero-order valence-electron chi connectivity index (χ0n) is 10.1. The maximum Gasteiger partial charge on any atom is 0.0547 e. The largest absolute Gasteiger partial charge is 0.301 e. The molecule has 1 aliphatic heterocycles. The van der Waals surface area contributed by atoms with E-state index in [9.17, 15) is 0 Å². The minimum Gasteiger partial charge on any atom is -0.301 e. The van der Waals surface area contributed by atoms with Gasteiger partial charge in [0.25, 0.3) is 0 Å². The Morgan fingerprint density at radius 1 is 1.38 bits per heavy atom. The molecule has 88 valence electrons. The first-order chi connectivity index (χ1) is 7.58. The predicted octanol–water partition coefficient (Wildman–Crippen LogP) is 4.00. The van der Waals surface area contributed by atoms with Gasteiger partial charge in [-0.2, -0.15) is 0 Å². The third-order valence-corrected chi connectivity index (χ3v) is 4.54. The number of hydrogen-bond acceptors (Lipinski definition) is 2. The topological polar surface area (TPSA) is 3.24 Å².